The zero-order chi connectivity index (χ0) is 23.4. The Morgan fingerprint density at radius 2 is 1.81 bits per heavy atom. The molecule has 2 unspecified atom stereocenters. The van der Waals surface area contributed by atoms with E-state index in [1.54, 1.807) is 38.4 Å². The van der Waals surface area contributed by atoms with Crippen LogP contribution in [0.2, 0.25) is 5.02 Å². The number of ether oxygens (including phenoxy) is 1. The minimum atomic E-state index is -0.866. The number of hydrogen-bond acceptors (Lipinski definition) is 4. The molecule has 10 heteroatoms. The topological polar surface area (TPSA) is 91.0 Å². The number of urea groups is 1. The molecule has 1 saturated heterocycles. The molecule has 8 nitrogen and oxygen atoms in total. The van der Waals surface area contributed by atoms with Gasteiger partial charge in [-0.3, -0.25) is 9.59 Å². The second-order valence-electron chi connectivity index (χ2n) is 7.58. The van der Waals surface area contributed by atoms with Crippen LogP contribution in [0.1, 0.15) is 16.8 Å². The fourth-order valence-electron chi connectivity index (χ4n) is 3.39. The van der Waals surface area contributed by atoms with Gasteiger partial charge in [0, 0.05) is 50.4 Å². The second-order valence-corrected chi connectivity index (χ2v) is 8.02. The highest BCUT2D eigenvalue weighted by atomic mass is 35.5. The maximum absolute atomic E-state index is 14.5. The van der Waals surface area contributed by atoms with Gasteiger partial charge in [-0.2, -0.15) is 0 Å². The first-order valence-electron chi connectivity index (χ1n) is 9.87. The summed E-state index contributed by atoms with van der Waals surface area (Å²) in [6.07, 6.45) is -0.0819. The number of anilines is 2. The van der Waals surface area contributed by atoms with Gasteiger partial charge in [0.2, 0.25) is 5.91 Å². The Labute approximate surface area is 190 Å². The van der Waals surface area contributed by atoms with Crippen molar-refractivity contribution in [2.45, 2.75) is 18.6 Å². The van der Waals surface area contributed by atoms with Crippen molar-refractivity contribution in [3.8, 4) is 0 Å². The largest absolute Gasteiger partial charge is 0.380 e. The van der Waals surface area contributed by atoms with E-state index in [4.69, 9.17) is 16.3 Å². The molecule has 0 saturated carbocycles. The Kier molecular flexibility index (Phi) is 7.32. The molecule has 2 N–H and O–H groups in total. The molecule has 0 radical (unpaired) electrons. The minimum Gasteiger partial charge on any atom is -0.380 e. The summed E-state index contributed by atoms with van der Waals surface area (Å²) >= 11 is 5.87. The number of likely N-dealkylation sites (tertiary alicyclic amines) is 1. The Morgan fingerprint density at radius 3 is 2.41 bits per heavy atom. The lowest BCUT2D eigenvalue weighted by Crippen LogP contribution is -2.45. The first-order chi connectivity index (χ1) is 15.2. The van der Waals surface area contributed by atoms with Gasteiger partial charge in [0.05, 0.1) is 11.8 Å². The van der Waals surface area contributed by atoms with Gasteiger partial charge >= 0.3 is 6.03 Å². The number of amides is 4. The average Bonchev–Trinajstić information content (AvgIpc) is 3.21. The molecule has 1 heterocycles. The van der Waals surface area contributed by atoms with E-state index in [2.05, 4.69) is 10.6 Å². The van der Waals surface area contributed by atoms with E-state index in [1.165, 1.54) is 29.0 Å². The number of benzene rings is 2. The number of hydrogen-bond donors (Lipinski definition) is 2. The van der Waals surface area contributed by atoms with Crippen LogP contribution in [0.25, 0.3) is 0 Å². The Hall–Kier alpha value is -3.17. The van der Waals surface area contributed by atoms with Crippen molar-refractivity contribution in [3.63, 3.8) is 0 Å². The monoisotopic (exact) mass is 462 g/mol. The van der Waals surface area contributed by atoms with Gasteiger partial charge in [-0.05, 0) is 42.5 Å². The van der Waals surface area contributed by atoms with Crippen LogP contribution in [0.5, 0.6) is 0 Å². The van der Waals surface area contributed by atoms with Gasteiger partial charge in [0.1, 0.15) is 11.9 Å². The maximum Gasteiger partial charge on any atom is 0.322 e. The first kappa shape index (κ1) is 23.5. The van der Waals surface area contributed by atoms with Crippen molar-refractivity contribution in [1.82, 2.24) is 9.80 Å². The van der Waals surface area contributed by atoms with Crippen LogP contribution in [0.4, 0.5) is 20.6 Å². The number of nitrogens with zero attached hydrogens (tertiary/aromatic N) is 2. The summed E-state index contributed by atoms with van der Waals surface area (Å²) in [6, 6.07) is 9.03. The normalized spacial score (nSPS) is 17.7. The van der Waals surface area contributed by atoms with Crippen LogP contribution in [-0.4, -0.2) is 67.5 Å². The molecule has 4 amide bonds. The molecule has 1 aliphatic rings. The van der Waals surface area contributed by atoms with Crippen molar-refractivity contribution in [2.24, 2.45) is 0 Å². The molecule has 32 heavy (non-hydrogen) atoms. The Morgan fingerprint density at radius 1 is 1.12 bits per heavy atom. The predicted octanol–water partition coefficient (Wildman–Crippen LogP) is 3.44. The molecule has 0 aromatic heterocycles. The standard InChI is InChI=1S/C22H24ClFN4O4/c1-27(2)21(30)13-4-9-18(17(24)10-13)26-20(29)19-11-16(32-3)12-28(19)22(31)25-15-7-5-14(23)6-8-15/h4-10,16,19H,11-12H2,1-3H3,(H,25,31)(H,26,29). The minimum absolute atomic E-state index is 0.0794. The summed E-state index contributed by atoms with van der Waals surface area (Å²) in [6.45, 7) is 0.201. The summed E-state index contributed by atoms with van der Waals surface area (Å²) in [4.78, 5) is 40.4. The highest BCUT2D eigenvalue weighted by molar-refractivity contribution is 6.30. The lowest BCUT2D eigenvalue weighted by molar-refractivity contribution is -0.119. The van der Waals surface area contributed by atoms with Gasteiger partial charge in [0.25, 0.3) is 5.91 Å². The summed E-state index contributed by atoms with van der Waals surface area (Å²) in [5, 5.41) is 5.77. The number of carbonyl (C=O) groups is 3. The second kappa shape index (κ2) is 9.97. The Bertz CT molecular complexity index is 1020. The molecule has 170 valence electrons. The van der Waals surface area contributed by atoms with E-state index in [0.717, 1.165) is 6.07 Å². The fraction of sp³-hybridized carbons (Fsp3) is 0.318. The molecule has 0 aliphatic carbocycles. The van der Waals surface area contributed by atoms with E-state index in [9.17, 15) is 18.8 Å². The smallest absolute Gasteiger partial charge is 0.322 e. The molecule has 2 aromatic rings. The van der Waals surface area contributed by atoms with Crippen molar-refractivity contribution in [3.05, 3.63) is 58.9 Å². The lowest BCUT2D eigenvalue weighted by Gasteiger charge is -2.24. The zero-order valence-corrected chi connectivity index (χ0v) is 18.6. The molecular weight excluding hydrogens is 439 g/mol. The number of methoxy groups -OCH3 is 1. The Balaban J connectivity index is 1.74. The summed E-state index contributed by atoms with van der Waals surface area (Å²) in [5.41, 5.74) is 0.602. The van der Waals surface area contributed by atoms with E-state index in [-0.39, 0.29) is 36.2 Å². The van der Waals surface area contributed by atoms with Crippen LogP contribution in [0, 0.1) is 5.82 Å². The van der Waals surface area contributed by atoms with E-state index < -0.39 is 23.8 Å². The van der Waals surface area contributed by atoms with E-state index >= 15 is 0 Å². The number of carbonyl (C=O) groups excluding carboxylic acids is 3. The number of nitrogens with one attached hydrogen (secondary N) is 2. The lowest BCUT2D eigenvalue weighted by atomic mass is 10.1. The fourth-order valence-corrected chi connectivity index (χ4v) is 3.52. The van der Waals surface area contributed by atoms with Crippen molar-refractivity contribution >= 4 is 40.8 Å². The molecule has 1 fully saturated rings. The molecule has 0 spiro atoms. The summed E-state index contributed by atoms with van der Waals surface area (Å²) < 4.78 is 19.9. The summed E-state index contributed by atoms with van der Waals surface area (Å²) in [5.74, 6) is -1.66. The molecule has 1 aliphatic heterocycles. The first-order valence-corrected chi connectivity index (χ1v) is 10.3. The van der Waals surface area contributed by atoms with Gasteiger partial charge in [-0.25, -0.2) is 9.18 Å². The molecule has 2 aromatic carbocycles. The van der Waals surface area contributed by atoms with Gasteiger partial charge < -0.3 is 25.2 Å². The van der Waals surface area contributed by atoms with Crippen LogP contribution in [0.15, 0.2) is 42.5 Å². The van der Waals surface area contributed by atoms with Crippen LogP contribution < -0.4 is 10.6 Å². The van der Waals surface area contributed by atoms with Gasteiger partial charge in [-0.15, -0.1) is 0 Å². The van der Waals surface area contributed by atoms with Crippen LogP contribution in [0.3, 0.4) is 0 Å². The van der Waals surface area contributed by atoms with Crippen molar-refractivity contribution in [2.75, 3.05) is 38.4 Å². The van der Waals surface area contributed by atoms with E-state index in [1.807, 2.05) is 0 Å². The highest BCUT2D eigenvalue weighted by Gasteiger charge is 2.40. The maximum atomic E-state index is 14.5. The third kappa shape index (κ3) is 5.35. The van der Waals surface area contributed by atoms with Crippen LogP contribution >= 0.6 is 11.6 Å². The molecule has 3 rings (SSSR count). The highest BCUT2D eigenvalue weighted by Crippen LogP contribution is 2.24. The molecular formula is C22H24ClFN4O4. The third-order valence-electron chi connectivity index (χ3n) is 5.14. The summed E-state index contributed by atoms with van der Waals surface area (Å²) in [7, 11) is 4.62. The quantitative estimate of drug-likeness (QED) is 0.712. The van der Waals surface area contributed by atoms with Gasteiger partial charge in [-0.1, -0.05) is 11.6 Å². The number of rotatable bonds is 5. The average molecular weight is 463 g/mol. The SMILES string of the molecule is COC1CC(C(=O)Nc2ccc(C(=O)N(C)C)cc2F)N(C(=O)Nc2ccc(Cl)cc2)C1. The van der Waals surface area contributed by atoms with Crippen molar-refractivity contribution in [1.29, 1.82) is 0 Å². The van der Waals surface area contributed by atoms with E-state index in [0.29, 0.717) is 10.7 Å². The van der Waals surface area contributed by atoms with Crippen molar-refractivity contribution < 1.29 is 23.5 Å². The van der Waals surface area contributed by atoms with Gasteiger partial charge in [0.15, 0.2) is 0 Å². The third-order valence-corrected chi connectivity index (χ3v) is 5.39. The molecule has 2 atom stereocenters. The molecule has 0 bridgehead atoms. The zero-order valence-electron chi connectivity index (χ0n) is 17.9. The predicted molar refractivity (Wildman–Crippen MR) is 119 cm³/mol. The van der Waals surface area contributed by atoms with Crippen LogP contribution in [-0.2, 0) is 9.53 Å². The number of halogens is 2.